The van der Waals surface area contributed by atoms with Gasteiger partial charge in [-0.2, -0.15) is 0 Å². The quantitative estimate of drug-likeness (QED) is 0.769. The zero-order valence-corrected chi connectivity index (χ0v) is 11.8. The fourth-order valence-corrected chi connectivity index (χ4v) is 2.09. The van der Waals surface area contributed by atoms with Gasteiger partial charge in [0.1, 0.15) is 0 Å². The van der Waals surface area contributed by atoms with Gasteiger partial charge in [-0.05, 0) is 26.7 Å². The molecule has 1 saturated heterocycles. The van der Waals surface area contributed by atoms with Crippen LogP contribution in [0.3, 0.4) is 0 Å². The summed E-state index contributed by atoms with van der Waals surface area (Å²) in [6.07, 6.45) is 0. The van der Waals surface area contributed by atoms with Crippen molar-refractivity contribution in [2.45, 2.75) is 46.2 Å². The summed E-state index contributed by atoms with van der Waals surface area (Å²) in [6, 6.07) is -0.0404. The first kappa shape index (κ1) is 14.5. The Morgan fingerprint density at radius 1 is 1.41 bits per heavy atom. The number of rotatable bonds is 3. The zero-order valence-electron chi connectivity index (χ0n) is 11.8. The summed E-state index contributed by atoms with van der Waals surface area (Å²) in [6.45, 7) is 13.0. The molecule has 1 aliphatic heterocycles. The molecule has 0 radical (unpaired) electrons. The molecule has 3 N–H and O–H groups in total. The summed E-state index contributed by atoms with van der Waals surface area (Å²) in [5.74, 6) is 0.529. The number of carbonyl (C=O) groups is 1. The Morgan fingerprint density at radius 3 is 2.41 bits per heavy atom. The Bertz CT molecular complexity index is 270. The van der Waals surface area contributed by atoms with E-state index in [1.165, 1.54) is 0 Å². The van der Waals surface area contributed by atoms with Gasteiger partial charge >= 0.3 is 0 Å². The van der Waals surface area contributed by atoms with Crippen molar-refractivity contribution < 1.29 is 4.79 Å². The van der Waals surface area contributed by atoms with Gasteiger partial charge in [0, 0.05) is 31.2 Å². The van der Waals surface area contributed by atoms with E-state index in [0.717, 1.165) is 19.6 Å². The third-order valence-corrected chi connectivity index (χ3v) is 3.34. The average molecular weight is 241 g/mol. The van der Waals surface area contributed by atoms with Crippen molar-refractivity contribution in [1.29, 1.82) is 0 Å². The van der Waals surface area contributed by atoms with Gasteiger partial charge in [0.25, 0.3) is 0 Å². The fourth-order valence-electron chi connectivity index (χ4n) is 2.09. The summed E-state index contributed by atoms with van der Waals surface area (Å²) >= 11 is 0. The lowest BCUT2D eigenvalue weighted by atomic mass is 10.0. The maximum Gasteiger partial charge on any atom is 0.226 e. The molecule has 1 amide bonds. The van der Waals surface area contributed by atoms with Gasteiger partial charge in [0.05, 0.1) is 5.92 Å². The van der Waals surface area contributed by atoms with Gasteiger partial charge in [0.2, 0.25) is 5.91 Å². The van der Waals surface area contributed by atoms with E-state index in [9.17, 15) is 4.79 Å². The van der Waals surface area contributed by atoms with Crippen LogP contribution in [0.5, 0.6) is 0 Å². The van der Waals surface area contributed by atoms with Crippen LogP contribution in [-0.4, -0.2) is 42.0 Å². The van der Waals surface area contributed by atoms with Crippen LogP contribution in [0.4, 0.5) is 0 Å². The van der Waals surface area contributed by atoms with E-state index in [4.69, 9.17) is 5.73 Å². The van der Waals surface area contributed by atoms with Crippen LogP contribution in [0.15, 0.2) is 0 Å². The number of likely N-dealkylation sites (tertiary alicyclic amines) is 1. The smallest absolute Gasteiger partial charge is 0.226 e. The SMILES string of the molecule is CC(C)CNC(=O)[C@@H]1CN(C(C)(C)C)C[C@@H]1N. The van der Waals surface area contributed by atoms with E-state index in [0.29, 0.717) is 5.92 Å². The first-order valence-corrected chi connectivity index (χ1v) is 6.50. The van der Waals surface area contributed by atoms with Crippen molar-refractivity contribution in [2.24, 2.45) is 17.6 Å². The fraction of sp³-hybridized carbons (Fsp3) is 0.923. The van der Waals surface area contributed by atoms with E-state index >= 15 is 0 Å². The molecule has 0 saturated carbocycles. The molecule has 1 heterocycles. The van der Waals surface area contributed by atoms with E-state index in [1.807, 2.05) is 0 Å². The lowest BCUT2D eigenvalue weighted by Gasteiger charge is -2.31. The summed E-state index contributed by atoms with van der Waals surface area (Å²) in [5.41, 5.74) is 6.16. The number of nitrogens with one attached hydrogen (secondary N) is 1. The maximum atomic E-state index is 12.0. The first-order valence-electron chi connectivity index (χ1n) is 6.50. The van der Waals surface area contributed by atoms with E-state index in [-0.39, 0.29) is 23.4 Å². The summed E-state index contributed by atoms with van der Waals surface area (Å²) in [7, 11) is 0. The Kier molecular flexibility index (Phi) is 4.55. The highest BCUT2D eigenvalue weighted by Gasteiger charge is 2.39. The van der Waals surface area contributed by atoms with Gasteiger partial charge < -0.3 is 11.1 Å². The Hall–Kier alpha value is -0.610. The second-order valence-electron chi connectivity index (χ2n) is 6.49. The normalized spacial score (nSPS) is 26.5. The molecule has 4 nitrogen and oxygen atoms in total. The molecule has 1 fully saturated rings. The highest BCUT2D eigenvalue weighted by Crippen LogP contribution is 2.23. The van der Waals surface area contributed by atoms with Crippen molar-refractivity contribution in [3.8, 4) is 0 Å². The van der Waals surface area contributed by atoms with Crippen LogP contribution in [0.25, 0.3) is 0 Å². The molecular formula is C13H27N3O. The monoisotopic (exact) mass is 241 g/mol. The number of carbonyl (C=O) groups excluding carboxylic acids is 1. The highest BCUT2D eigenvalue weighted by molar-refractivity contribution is 5.80. The van der Waals surface area contributed by atoms with E-state index < -0.39 is 0 Å². The molecule has 0 aliphatic carbocycles. The molecule has 0 spiro atoms. The first-order chi connectivity index (χ1) is 7.71. The van der Waals surface area contributed by atoms with Crippen molar-refractivity contribution in [3.63, 3.8) is 0 Å². The Labute approximate surface area is 105 Å². The van der Waals surface area contributed by atoms with Crippen LogP contribution < -0.4 is 11.1 Å². The number of nitrogens with zero attached hydrogens (tertiary/aromatic N) is 1. The summed E-state index contributed by atoms with van der Waals surface area (Å²) < 4.78 is 0. The molecule has 100 valence electrons. The molecule has 1 aliphatic rings. The van der Waals surface area contributed by atoms with Gasteiger partial charge in [-0.15, -0.1) is 0 Å². The number of hydrogen-bond donors (Lipinski definition) is 2. The van der Waals surface area contributed by atoms with Crippen molar-refractivity contribution >= 4 is 5.91 Å². The topological polar surface area (TPSA) is 58.4 Å². The van der Waals surface area contributed by atoms with Crippen LogP contribution in [-0.2, 0) is 4.79 Å². The second kappa shape index (κ2) is 5.36. The van der Waals surface area contributed by atoms with Crippen LogP contribution in [0.1, 0.15) is 34.6 Å². The predicted molar refractivity (Wildman–Crippen MR) is 70.6 cm³/mol. The Morgan fingerprint density at radius 2 is 2.00 bits per heavy atom. The maximum absolute atomic E-state index is 12.0. The number of amides is 1. The Balaban J connectivity index is 2.53. The molecule has 0 aromatic rings. The van der Waals surface area contributed by atoms with Gasteiger partial charge in [-0.25, -0.2) is 0 Å². The lowest BCUT2D eigenvalue weighted by molar-refractivity contribution is -0.125. The van der Waals surface area contributed by atoms with Crippen LogP contribution >= 0.6 is 0 Å². The van der Waals surface area contributed by atoms with Crippen LogP contribution in [0, 0.1) is 11.8 Å². The predicted octanol–water partition coefficient (Wildman–Crippen LogP) is 0.816. The molecule has 1 rings (SSSR count). The van der Waals surface area contributed by atoms with Crippen molar-refractivity contribution in [1.82, 2.24) is 10.2 Å². The van der Waals surface area contributed by atoms with Gasteiger partial charge in [-0.1, -0.05) is 13.8 Å². The minimum atomic E-state index is -0.0621. The van der Waals surface area contributed by atoms with E-state index in [2.05, 4.69) is 44.8 Å². The lowest BCUT2D eigenvalue weighted by Crippen LogP contribution is -2.42. The average Bonchev–Trinajstić information content (AvgIpc) is 2.56. The molecule has 0 aromatic carbocycles. The minimum absolute atomic E-state index is 0.0404. The van der Waals surface area contributed by atoms with Gasteiger partial charge in [0.15, 0.2) is 0 Å². The molecule has 17 heavy (non-hydrogen) atoms. The second-order valence-corrected chi connectivity index (χ2v) is 6.49. The summed E-state index contributed by atoms with van der Waals surface area (Å²) in [4.78, 5) is 14.3. The van der Waals surface area contributed by atoms with E-state index in [1.54, 1.807) is 0 Å². The molecule has 0 bridgehead atoms. The molecular weight excluding hydrogens is 214 g/mol. The van der Waals surface area contributed by atoms with Crippen molar-refractivity contribution in [2.75, 3.05) is 19.6 Å². The number of hydrogen-bond acceptors (Lipinski definition) is 3. The minimum Gasteiger partial charge on any atom is -0.356 e. The molecule has 4 heteroatoms. The molecule has 2 atom stereocenters. The standard InChI is InChI=1S/C13H27N3O/c1-9(2)6-15-12(17)10-7-16(8-11(10)14)13(3,4)5/h9-11H,6-8,14H2,1-5H3,(H,15,17)/t10-,11+/m1/s1. The molecule has 0 aromatic heterocycles. The zero-order chi connectivity index (χ0) is 13.2. The third-order valence-electron chi connectivity index (χ3n) is 3.34. The summed E-state index contributed by atoms with van der Waals surface area (Å²) in [5, 5.41) is 2.98. The van der Waals surface area contributed by atoms with Crippen molar-refractivity contribution in [3.05, 3.63) is 0 Å². The number of nitrogens with two attached hydrogens (primary N) is 1. The third kappa shape index (κ3) is 3.96. The van der Waals surface area contributed by atoms with Gasteiger partial charge in [-0.3, -0.25) is 9.69 Å². The molecule has 0 unspecified atom stereocenters. The largest absolute Gasteiger partial charge is 0.356 e. The van der Waals surface area contributed by atoms with Crippen LogP contribution in [0.2, 0.25) is 0 Å². The highest BCUT2D eigenvalue weighted by atomic mass is 16.2.